The van der Waals surface area contributed by atoms with E-state index in [4.69, 9.17) is 30.8 Å². The molecule has 0 radical (unpaired) electrons. The van der Waals surface area contributed by atoms with Gasteiger partial charge >= 0.3 is 0 Å². The number of ether oxygens (including phenoxy) is 3. The predicted molar refractivity (Wildman–Crippen MR) is 181 cm³/mol. The molecule has 1 amide bonds. The largest absolute Gasteiger partial charge is 0.497 e. The summed E-state index contributed by atoms with van der Waals surface area (Å²) in [5.74, 6) is 1.04. The van der Waals surface area contributed by atoms with Crippen LogP contribution >= 0.6 is 11.6 Å². The minimum Gasteiger partial charge on any atom is -0.497 e. The third-order valence-corrected chi connectivity index (χ3v) is 8.55. The van der Waals surface area contributed by atoms with Crippen LogP contribution in [-0.4, -0.2) is 77.9 Å². The smallest absolute Gasteiger partial charge is 0.260 e. The number of hydrogen-bond donors (Lipinski definition) is 2. The standard InChI is InChI=1S/C34H39ClN6O5/c1-6-29(42)38-24-9-7-22(8-10-24)11-12-41-31-23(17-27(32(41)43)26-18-25(44-4)19-28(45-5)30(26)35)20-36-33(39-31)37-21-34(2,3)40-13-15-46-16-14-40/h6-10,17-20H,1,11-16,21H2,2-5H3,(H,38,42)(H,36,37,39). The van der Waals surface area contributed by atoms with Crippen LogP contribution in [0.3, 0.4) is 0 Å². The average molecular weight is 647 g/mol. The van der Waals surface area contributed by atoms with Gasteiger partial charge in [0, 0.05) is 66.2 Å². The Morgan fingerprint density at radius 3 is 2.52 bits per heavy atom. The van der Waals surface area contributed by atoms with Crippen LogP contribution in [0.2, 0.25) is 5.02 Å². The van der Waals surface area contributed by atoms with Gasteiger partial charge in [0.15, 0.2) is 0 Å². The van der Waals surface area contributed by atoms with Gasteiger partial charge in [0.1, 0.15) is 17.1 Å². The van der Waals surface area contributed by atoms with E-state index in [9.17, 15) is 9.59 Å². The Labute approximate surface area is 273 Å². The maximum atomic E-state index is 14.3. The maximum absolute atomic E-state index is 14.3. The second kappa shape index (κ2) is 14.3. The molecule has 46 heavy (non-hydrogen) atoms. The van der Waals surface area contributed by atoms with Gasteiger partial charge in [0.05, 0.1) is 32.5 Å². The van der Waals surface area contributed by atoms with Crippen LogP contribution in [0.1, 0.15) is 19.4 Å². The fraction of sp³-hybridized carbons (Fsp3) is 0.353. The molecule has 11 nitrogen and oxygen atoms in total. The van der Waals surface area contributed by atoms with Gasteiger partial charge in [-0.3, -0.25) is 19.1 Å². The first-order valence-corrected chi connectivity index (χ1v) is 15.4. The monoisotopic (exact) mass is 646 g/mol. The van der Waals surface area contributed by atoms with Crippen molar-refractivity contribution in [3.05, 3.63) is 82.3 Å². The molecule has 12 heteroatoms. The zero-order chi connectivity index (χ0) is 32.8. The fourth-order valence-electron chi connectivity index (χ4n) is 5.44. The highest BCUT2D eigenvalue weighted by Gasteiger charge is 2.28. The van der Waals surface area contributed by atoms with Gasteiger partial charge in [-0.25, -0.2) is 4.98 Å². The number of carbonyl (C=O) groups excluding carboxylic acids is 1. The molecule has 2 N–H and O–H groups in total. The molecule has 1 saturated heterocycles. The fourth-order valence-corrected chi connectivity index (χ4v) is 5.73. The molecule has 1 aliphatic heterocycles. The highest BCUT2D eigenvalue weighted by molar-refractivity contribution is 6.35. The van der Waals surface area contributed by atoms with Crippen molar-refractivity contribution in [2.75, 3.05) is 57.7 Å². The van der Waals surface area contributed by atoms with E-state index in [1.165, 1.54) is 13.2 Å². The van der Waals surface area contributed by atoms with Crippen LogP contribution in [-0.2, 0) is 22.5 Å². The quantitative estimate of drug-likeness (QED) is 0.205. The third-order valence-electron chi connectivity index (χ3n) is 8.16. The molecule has 0 saturated carbocycles. The number of morpholine rings is 1. The maximum Gasteiger partial charge on any atom is 0.260 e. The van der Waals surface area contributed by atoms with E-state index in [1.54, 1.807) is 36.1 Å². The molecule has 0 atom stereocenters. The summed E-state index contributed by atoms with van der Waals surface area (Å²) in [6.45, 7) is 11.9. The summed E-state index contributed by atoms with van der Waals surface area (Å²) in [6.07, 6.45) is 3.46. The molecule has 0 aliphatic carbocycles. The number of benzene rings is 2. The Hall–Kier alpha value is -4.45. The van der Waals surface area contributed by atoms with E-state index in [-0.39, 0.29) is 17.0 Å². The number of carbonyl (C=O) groups is 1. The third kappa shape index (κ3) is 7.33. The van der Waals surface area contributed by atoms with Crippen molar-refractivity contribution in [1.29, 1.82) is 0 Å². The zero-order valence-electron chi connectivity index (χ0n) is 26.6. The Morgan fingerprint density at radius 2 is 1.85 bits per heavy atom. The number of amides is 1. The Morgan fingerprint density at radius 1 is 1.11 bits per heavy atom. The van der Waals surface area contributed by atoms with E-state index in [0.717, 1.165) is 18.7 Å². The first kappa shape index (κ1) is 32.9. The summed E-state index contributed by atoms with van der Waals surface area (Å²) in [5, 5.41) is 7.11. The van der Waals surface area contributed by atoms with Gasteiger partial charge in [0.2, 0.25) is 11.9 Å². The van der Waals surface area contributed by atoms with Crippen molar-refractivity contribution < 1.29 is 19.0 Å². The number of pyridine rings is 1. The van der Waals surface area contributed by atoms with Gasteiger partial charge in [-0.15, -0.1) is 0 Å². The second-order valence-electron chi connectivity index (χ2n) is 11.6. The van der Waals surface area contributed by atoms with Crippen molar-refractivity contribution >= 4 is 40.2 Å². The summed E-state index contributed by atoms with van der Waals surface area (Å²) >= 11 is 6.74. The molecule has 1 fully saturated rings. The summed E-state index contributed by atoms with van der Waals surface area (Å²) in [6, 6.07) is 12.6. The second-order valence-corrected chi connectivity index (χ2v) is 12.0. The minimum absolute atomic E-state index is 0.162. The Balaban J connectivity index is 1.52. The molecule has 2 aromatic heterocycles. The molecular weight excluding hydrogens is 608 g/mol. The SMILES string of the molecule is C=CC(=O)Nc1ccc(CCn2c(=O)c(-c3cc(OC)cc(OC)c3Cl)cc3cnc(NCC(C)(C)N4CCOCC4)nc32)cc1. The van der Waals surface area contributed by atoms with E-state index < -0.39 is 0 Å². The van der Waals surface area contributed by atoms with Crippen molar-refractivity contribution in [2.24, 2.45) is 0 Å². The highest BCUT2D eigenvalue weighted by atomic mass is 35.5. The number of fused-ring (bicyclic) bond motifs is 1. The van der Waals surface area contributed by atoms with Gasteiger partial charge in [0.25, 0.3) is 5.56 Å². The van der Waals surface area contributed by atoms with Crippen LogP contribution in [0, 0.1) is 0 Å². The summed E-state index contributed by atoms with van der Waals surface area (Å²) in [5.41, 5.74) is 2.55. The van der Waals surface area contributed by atoms with E-state index >= 15 is 0 Å². The number of nitrogens with one attached hydrogen (secondary N) is 2. The van der Waals surface area contributed by atoms with E-state index in [2.05, 4.69) is 40.9 Å². The van der Waals surface area contributed by atoms with Crippen molar-refractivity contribution in [3.8, 4) is 22.6 Å². The lowest BCUT2D eigenvalue weighted by atomic mass is 10.0. The van der Waals surface area contributed by atoms with Gasteiger partial charge in [-0.1, -0.05) is 30.3 Å². The van der Waals surface area contributed by atoms with Crippen LogP contribution in [0.25, 0.3) is 22.2 Å². The lowest BCUT2D eigenvalue weighted by molar-refractivity contribution is -0.111. The molecule has 1 aliphatic rings. The summed E-state index contributed by atoms with van der Waals surface area (Å²) in [4.78, 5) is 37.8. The highest BCUT2D eigenvalue weighted by Crippen LogP contribution is 2.38. The van der Waals surface area contributed by atoms with Crippen molar-refractivity contribution in [1.82, 2.24) is 19.4 Å². The lowest BCUT2D eigenvalue weighted by Gasteiger charge is -2.40. The topological polar surface area (TPSA) is 120 Å². The van der Waals surface area contributed by atoms with Crippen LogP contribution in [0.15, 0.2) is 66.1 Å². The summed E-state index contributed by atoms with van der Waals surface area (Å²) < 4.78 is 18.1. The lowest BCUT2D eigenvalue weighted by Crippen LogP contribution is -2.53. The Kier molecular flexibility index (Phi) is 10.3. The molecule has 0 unspecified atom stereocenters. The number of nitrogens with zero attached hydrogens (tertiary/aromatic N) is 4. The van der Waals surface area contributed by atoms with Crippen LogP contribution < -0.4 is 25.7 Å². The molecule has 5 rings (SSSR count). The molecule has 242 valence electrons. The van der Waals surface area contributed by atoms with Crippen molar-refractivity contribution in [2.45, 2.75) is 32.4 Å². The van der Waals surface area contributed by atoms with Gasteiger partial charge in [-0.05, 0) is 56.2 Å². The molecule has 3 heterocycles. The number of aromatic nitrogens is 3. The number of aryl methyl sites for hydroxylation is 2. The summed E-state index contributed by atoms with van der Waals surface area (Å²) in [7, 11) is 3.06. The number of halogens is 1. The first-order chi connectivity index (χ1) is 22.1. The van der Waals surface area contributed by atoms with Crippen molar-refractivity contribution in [3.63, 3.8) is 0 Å². The number of anilines is 2. The normalized spacial score (nSPS) is 13.8. The first-order valence-electron chi connectivity index (χ1n) is 15.0. The number of hydrogen-bond acceptors (Lipinski definition) is 9. The molecule has 2 aromatic carbocycles. The number of rotatable bonds is 12. The Bertz CT molecular complexity index is 1780. The average Bonchev–Trinajstić information content (AvgIpc) is 3.08. The molecule has 0 bridgehead atoms. The molecule has 4 aromatic rings. The van der Waals surface area contributed by atoms with Gasteiger partial charge < -0.3 is 24.8 Å². The van der Waals surface area contributed by atoms with Gasteiger partial charge in [-0.2, -0.15) is 4.98 Å². The van der Waals surface area contributed by atoms with Crippen LogP contribution in [0.4, 0.5) is 11.6 Å². The molecular formula is C34H39ClN6O5. The van der Waals surface area contributed by atoms with Crippen LogP contribution in [0.5, 0.6) is 11.5 Å². The van der Waals surface area contributed by atoms with E-state index in [1.807, 2.05) is 24.3 Å². The molecule has 0 spiro atoms. The zero-order valence-corrected chi connectivity index (χ0v) is 27.3. The number of methoxy groups -OCH3 is 2. The van der Waals surface area contributed by atoms with E-state index in [0.29, 0.717) is 83.0 Å². The minimum atomic E-state index is -0.284. The predicted octanol–water partition coefficient (Wildman–Crippen LogP) is 5.02.